The van der Waals surface area contributed by atoms with Crippen LogP contribution in [0.2, 0.25) is 10.0 Å². The lowest BCUT2D eigenvalue weighted by Crippen LogP contribution is -2.42. The van der Waals surface area contributed by atoms with E-state index in [4.69, 9.17) is 23.2 Å². The van der Waals surface area contributed by atoms with Crippen molar-refractivity contribution >= 4 is 46.4 Å². The summed E-state index contributed by atoms with van der Waals surface area (Å²) in [6.45, 7) is 0. The number of amides is 1. The molecule has 0 spiro atoms. The lowest BCUT2D eigenvalue weighted by atomic mass is 10.1. The Morgan fingerprint density at radius 1 is 1.26 bits per heavy atom. The molecule has 2 aromatic rings. The normalized spacial score (nSPS) is 11.9. The molecule has 1 atom stereocenters. The number of benzene rings is 1. The van der Waals surface area contributed by atoms with Crippen molar-refractivity contribution in [3.8, 4) is 0 Å². The molecule has 8 heteroatoms. The Morgan fingerprint density at radius 2 is 1.96 bits per heavy atom. The molecule has 1 heterocycles. The number of nitrogens with zero attached hydrogens (tertiary/aromatic N) is 1. The van der Waals surface area contributed by atoms with Crippen molar-refractivity contribution < 1.29 is 14.7 Å². The van der Waals surface area contributed by atoms with Crippen molar-refractivity contribution in [3.63, 3.8) is 0 Å². The molecule has 5 nitrogen and oxygen atoms in total. The van der Waals surface area contributed by atoms with E-state index in [1.54, 1.807) is 24.4 Å². The maximum Gasteiger partial charge on any atom is 0.326 e. The molecule has 0 radical (unpaired) electrons. The van der Waals surface area contributed by atoms with E-state index in [-0.39, 0.29) is 18.7 Å². The van der Waals surface area contributed by atoms with E-state index in [2.05, 4.69) is 10.3 Å². The number of carboxylic acids is 1. The summed E-state index contributed by atoms with van der Waals surface area (Å²) in [5.74, 6) is -1.44. The minimum atomic E-state index is -1.11. The van der Waals surface area contributed by atoms with E-state index < -0.39 is 12.0 Å². The molecule has 122 valence electrons. The van der Waals surface area contributed by atoms with Gasteiger partial charge in [-0.1, -0.05) is 23.2 Å². The second-order valence-corrected chi connectivity index (χ2v) is 6.72. The first kappa shape index (κ1) is 17.7. The van der Waals surface area contributed by atoms with Gasteiger partial charge in [0.25, 0.3) is 0 Å². The molecule has 2 rings (SSSR count). The predicted octanol–water partition coefficient (Wildman–Crippen LogP) is 3.19. The first-order chi connectivity index (χ1) is 10.9. The molecule has 0 aliphatic heterocycles. The van der Waals surface area contributed by atoms with E-state index >= 15 is 0 Å². The van der Waals surface area contributed by atoms with Crippen LogP contribution in [-0.2, 0) is 22.4 Å². The fourth-order valence-electron chi connectivity index (χ4n) is 2.03. The fourth-order valence-corrected chi connectivity index (χ4v) is 3.22. The minimum Gasteiger partial charge on any atom is -0.480 e. The standard InChI is InChI=1S/C15H14Cl2N2O3S/c16-10-5-9(6-11(17)8-10)7-12(15(21)22)19-13(20)1-2-14-18-3-4-23-14/h3-6,8,12H,1-2,7H2,(H,19,20)(H,21,22). The summed E-state index contributed by atoms with van der Waals surface area (Å²) < 4.78 is 0. The zero-order chi connectivity index (χ0) is 16.8. The van der Waals surface area contributed by atoms with Crippen LogP contribution in [0.1, 0.15) is 17.0 Å². The molecule has 0 fully saturated rings. The molecular weight excluding hydrogens is 359 g/mol. The van der Waals surface area contributed by atoms with Gasteiger partial charge in [0.2, 0.25) is 5.91 Å². The van der Waals surface area contributed by atoms with Crippen LogP contribution >= 0.6 is 34.5 Å². The fraction of sp³-hybridized carbons (Fsp3) is 0.267. The van der Waals surface area contributed by atoms with Gasteiger partial charge >= 0.3 is 5.97 Å². The SMILES string of the molecule is O=C(CCc1nccs1)NC(Cc1cc(Cl)cc(Cl)c1)C(=O)O. The molecule has 1 unspecified atom stereocenters. The van der Waals surface area contributed by atoms with Crippen LogP contribution in [0.5, 0.6) is 0 Å². The van der Waals surface area contributed by atoms with Crippen LogP contribution in [0.4, 0.5) is 0 Å². The first-order valence-corrected chi connectivity index (χ1v) is 8.43. The molecule has 1 amide bonds. The highest BCUT2D eigenvalue weighted by Crippen LogP contribution is 2.20. The van der Waals surface area contributed by atoms with Gasteiger partial charge in [-0.15, -0.1) is 11.3 Å². The highest BCUT2D eigenvalue weighted by atomic mass is 35.5. The predicted molar refractivity (Wildman–Crippen MR) is 90.2 cm³/mol. The molecule has 1 aromatic heterocycles. The average Bonchev–Trinajstić information content (AvgIpc) is 2.96. The quantitative estimate of drug-likeness (QED) is 0.781. The van der Waals surface area contributed by atoms with Crippen molar-refractivity contribution in [2.24, 2.45) is 0 Å². The molecule has 0 aliphatic carbocycles. The Morgan fingerprint density at radius 3 is 2.52 bits per heavy atom. The van der Waals surface area contributed by atoms with Gasteiger partial charge in [-0.25, -0.2) is 9.78 Å². The number of hydrogen-bond acceptors (Lipinski definition) is 4. The topological polar surface area (TPSA) is 79.3 Å². The summed E-state index contributed by atoms with van der Waals surface area (Å²) in [5, 5.41) is 15.3. The summed E-state index contributed by atoms with van der Waals surface area (Å²) in [6, 6.07) is 3.79. The van der Waals surface area contributed by atoms with Gasteiger partial charge in [0.15, 0.2) is 0 Å². The Bertz CT molecular complexity index is 672. The number of rotatable bonds is 7. The van der Waals surface area contributed by atoms with Crippen molar-refractivity contribution in [3.05, 3.63) is 50.4 Å². The third kappa shape index (κ3) is 5.82. The number of carboxylic acid groups (broad SMARTS) is 1. The second kappa shape index (κ2) is 8.29. The number of thiazole rings is 1. The van der Waals surface area contributed by atoms with Crippen LogP contribution < -0.4 is 5.32 Å². The zero-order valence-corrected chi connectivity index (χ0v) is 14.3. The second-order valence-electron chi connectivity index (χ2n) is 4.87. The number of carbonyl (C=O) groups excluding carboxylic acids is 1. The summed E-state index contributed by atoms with van der Waals surface area (Å²) in [7, 11) is 0. The molecule has 0 saturated heterocycles. The van der Waals surface area contributed by atoms with Gasteiger partial charge in [0, 0.05) is 40.9 Å². The summed E-state index contributed by atoms with van der Waals surface area (Å²) in [5.41, 5.74) is 0.648. The maximum absolute atomic E-state index is 11.9. The Balaban J connectivity index is 1.95. The number of halogens is 2. The highest BCUT2D eigenvalue weighted by Gasteiger charge is 2.20. The van der Waals surface area contributed by atoms with E-state index in [0.29, 0.717) is 22.0 Å². The van der Waals surface area contributed by atoms with Crippen LogP contribution in [0, 0.1) is 0 Å². The van der Waals surface area contributed by atoms with Crippen LogP contribution in [-0.4, -0.2) is 28.0 Å². The smallest absolute Gasteiger partial charge is 0.326 e. The number of aromatic nitrogens is 1. The summed E-state index contributed by atoms with van der Waals surface area (Å²) in [6.07, 6.45) is 2.45. The maximum atomic E-state index is 11.9. The Kier molecular flexibility index (Phi) is 6.38. The van der Waals surface area contributed by atoms with E-state index in [0.717, 1.165) is 5.01 Å². The molecule has 0 bridgehead atoms. The number of aryl methyl sites for hydroxylation is 1. The largest absolute Gasteiger partial charge is 0.480 e. The number of carbonyl (C=O) groups is 2. The van der Waals surface area contributed by atoms with E-state index in [9.17, 15) is 14.7 Å². The number of nitrogens with one attached hydrogen (secondary N) is 1. The van der Waals surface area contributed by atoms with E-state index in [1.165, 1.54) is 11.3 Å². The molecule has 2 N–H and O–H groups in total. The van der Waals surface area contributed by atoms with Gasteiger partial charge < -0.3 is 10.4 Å². The highest BCUT2D eigenvalue weighted by molar-refractivity contribution is 7.09. The van der Waals surface area contributed by atoms with Crippen LogP contribution in [0.3, 0.4) is 0 Å². The van der Waals surface area contributed by atoms with E-state index in [1.807, 2.05) is 5.38 Å². The van der Waals surface area contributed by atoms with Gasteiger partial charge in [0.1, 0.15) is 6.04 Å². The van der Waals surface area contributed by atoms with Crippen molar-refractivity contribution in [1.82, 2.24) is 10.3 Å². The molecule has 1 aromatic carbocycles. The average molecular weight is 373 g/mol. The van der Waals surface area contributed by atoms with Crippen molar-refractivity contribution in [2.75, 3.05) is 0 Å². The van der Waals surface area contributed by atoms with Gasteiger partial charge in [-0.05, 0) is 23.8 Å². The molecular formula is C15H14Cl2N2O3S. The van der Waals surface area contributed by atoms with Crippen LogP contribution in [0.15, 0.2) is 29.8 Å². The van der Waals surface area contributed by atoms with Crippen molar-refractivity contribution in [2.45, 2.75) is 25.3 Å². The third-order valence-electron chi connectivity index (χ3n) is 3.04. The summed E-state index contributed by atoms with van der Waals surface area (Å²) in [4.78, 5) is 27.4. The number of hydrogen-bond donors (Lipinski definition) is 2. The van der Waals surface area contributed by atoms with Gasteiger partial charge in [0.05, 0.1) is 5.01 Å². The number of aliphatic carboxylic acids is 1. The zero-order valence-electron chi connectivity index (χ0n) is 12.0. The lowest BCUT2D eigenvalue weighted by molar-refractivity contribution is -0.141. The third-order valence-corrected chi connectivity index (χ3v) is 4.32. The monoisotopic (exact) mass is 372 g/mol. The minimum absolute atomic E-state index is 0.110. The van der Waals surface area contributed by atoms with Crippen molar-refractivity contribution in [1.29, 1.82) is 0 Å². The molecule has 23 heavy (non-hydrogen) atoms. The van der Waals surface area contributed by atoms with Crippen LogP contribution in [0.25, 0.3) is 0 Å². The Hall–Kier alpha value is -1.63. The summed E-state index contributed by atoms with van der Waals surface area (Å²) >= 11 is 13.3. The van der Waals surface area contributed by atoms with Gasteiger partial charge in [-0.2, -0.15) is 0 Å². The first-order valence-electron chi connectivity index (χ1n) is 6.79. The molecule has 0 saturated carbocycles. The van der Waals surface area contributed by atoms with Gasteiger partial charge in [-0.3, -0.25) is 4.79 Å². The Labute approximate surface area is 147 Å². The lowest BCUT2D eigenvalue weighted by Gasteiger charge is -2.15. The molecule has 0 aliphatic rings.